The largest absolute Gasteiger partial charge is 0.489 e. The number of carbonyl (C=O) groups is 1. The van der Waals surface area contributed by atoms with Crippen LogP contribution in [0.25, 0.3) is 0 Å². The van der Waals surface area contributed by atoms with Crippen molar-refractivity contribution in [1.82, 2.24) is 15.2 Å². The van der Waals surface area contributed by atoms with Crippen LogP contribution in [0.1, 0.15) is 19.4 Å². The van der Waals surface area contributed by atoms with Crippen LogP contribution in [0.5, 0.6) is 5.75 Å². The van der Waals surface area contributed by atoms with Gasteiger partial charge in [-0.1, -0.05) is 18.2 Å². The standard InChI is InChI=1S/C20H26N4O2/c1-16(2)26-19-8-4-3-7-18(19)23-10-12-24(13-11-23)20(25)22-15-17-6-5-9-21-14-17/h3-9,14,16H,10-13,15H2,1-2H3,(H,22,25). The molecule has 0 spiro atoms. The number of piperazine rings is 1. The lowest BCUT2D eigenvalue weighted by Gasteiger charge is -2.36. The molecule has 1 N–H and O–H groups in total. The van der Waals surface area contributed by atoms with Gasteiger partial charge in [-0.2, -0.15) is 0 Å². The Kier molecular flexibility index (Phi) is 5.94. The third kappa shape index (κ3) is 4.65. The molecule has 1 aromatic heterocycles. The van der Waals surface area contributed by atoms with Crippen LogP contribution < -0.4 is 15.0 Å². The number of hydrogen-bond donors (Lipinski definition) is 1. The van der Waals surface area contributed by atoms with E-state index in [2.05, 4.69) is 21.3 Å². The highest BCUT2D eigenvalue weighted by molar-refractivity contribution is 5.74. The highest BCUT2D eigenvalue weighted by Crippen LogP contribution is 2.29. The van der Waals surface area contributed by atoms with Gasteiger partial charge in [-0.3, -0.25) is 4.98 Å². The van der Waals surface area contributed by atoms with Gasteiger partial charge in [-0.05, 0) is 37.6 Å². The number of ether oxygens (including phenoxy) is 1. The minimum Gasteiger partial charge on any atom is -0.489 e. The molecule has 138 valence electrons. The lowest BCUT2D eigenvalue weighted by molar-refractivity contribution is 0.193. The van der Waals surface area contributed by atoms with Crippen molar-refractivity contribution in [3.05, 3.63) is 54.4 Å². The molecule has 0 unspecified atom stereocenters. The Morgan fingerprint density at radius 3 is 2.62 bits per heavy atom. The smallest absolute Gasteiger partial charge is 0.317 e. The lowest BCUT2D eigenvalue weighted by atomic mass is 10.2. The summed E-state index contributed by atoms with van der Waals surface area (Å²) in [5.41, 5.74) is 2.09. The molecule has 3 rings (SSSR count). The first-order valence-electron chi connectivity index (χ1n) is 9.06. The first kappa shape index (κ1) is 18.0. The van der Waals surface area contributed by atoms with Crippen LogP contribution in [-0.4, -0.2) is 48.2 Å². The quantitative estimate of drug-likeness (QED) is 0.897. The second kappa shape index (κ2) is 8.56. The van der Waals surface area contributed by atoms with Gasteiger partial charge in [0.1, 0.15) is 5.75 Å². The van der Waals surface area contributed by atoms with Gasteiger partial charge in [0.2, 0.25) is 0 Å². The van der Waals surface area contributed by atoms with Crippen molar-refractivity contribution in [2.75, 3.05) is 31.1 Å². The summed E-state index contributed by atoms with van der Waals surface area (Å²) in [4.78, 5) is 20.6. The van der Waals surface area contributed by atoms with Crippen LogP contribution in [0.2, 0.25) is 0 Å². The van der Waals surface area contributed by atoms with Crippen LogP contribution in [0.4, 0.5) is 10.5 Å². The number of nitrogens with one attached hydrogen (secondary N) is 1. The van der Waals surface area contributed by atoms with Crippen molar-refractivity contribution in [3.63, 3.8) is 0 Å². The van der Waals surface area contributed by atoms with Crippen LogP contribution in [0, 0.1) is 0 Å². The Hall–Kier alpha value is -2.76. The molecule has 2 heterocycles. The maximum absolute atomic E-state index is 12.4. The number of carbonyl (C=O) groups excluding carboxylic acids is 1. The van der Waals surface area contributed by atoms with E-state index in [1.54, 1.807) is 12.4 Å². The monoisotopic (exact) mass is 354 g/mol. The zero-order valence-corrected chi connectivity index (χ0v) is 15.4. The minimum absolute atomic E-state index is 0.0276. The summed E-state index contributed by atoms with van der Waals surface area (Å²) >= 11 is 0. The van der Waals surface area contributed by atoms with E-state index in [9.17, 15) is 4.79 Å². The van der Waals surface area contributed by atoms with E-state index >= 15 is 0 Å². The van der Waals surface area contributed by atoms with Gasteiger partial charge in [0, 0.05) is 45.1 Å². The average molecular weight is 354 g/mol. The van der Waals surface area contributed by atoms with E-state index < -0.39 is 0 Å². The highest BCUT2D eigenvalue weighted by atomic mass is 16.5. The van der Waals surface area contributed by atoms with Crippen molar-refractivity contribution in [2.45, 2.75) is 26.5 Å². The molecule has 0 atom stereocenters. The number of amides is 2. The Balaban J connectivity index is 1.53. The molecule has 1 aliphatic heterocycles. The summed E-state index contributed by atoms with van der Waals surface area (Å²) in [6.07, 6.45) is 3.63. The van der Waals surface area contributed by atoms with Gasteiger partial charge in [-0.25, -0.2) is 4.79 Å². The third-order valence-corrected chi connectivity index (χ3v) is 4.30. The van der Waals surface area contributed by atoms with Gasteiger partial charge in [-0.15, -0.1) is 0 Å². The summed E-state index contributed by atoms with van der Waals surface area (Å²) in [5.74, 6) is 0.900. The fraction of sp³-hybridized carbons (Fsp3) is 0.400. The fourth-order valence-corrected chi connectivity index (χ4v) is 3.01. The second-order valence-electron chi connectivity index (χ2n) is 6.63. The molecular formula is C20H26N4O2. The summed E-state index contributed by atoms with van der Waals surface area (Å²) in [7, 11) is 0. The van der Waals surface area contributed by atoms with Crippen LogP contribution in [0.3, 0.4) is 0 Å². The molecule has 1 aromatic carbocycles. The number of rotatable bonds is 5. The number of pyridine rings is 1. The molecule has 1 fully saturated rings. The highest BCUT2D eigenvalue weighted by Gasteiger charge is 2.23. The molecule has 1 aliphatic rings. The average Bonchev–Trinajstić information content (AvgIpc) is 2.67. The van der Waals surface area contributed by atoms with E-state index in [-0.39, 0.29) is 12.1 Å². The Bertz CT molecular complexity index is 713. The summed E-state index contributed by atoms with van der Waals surface area (Å²) in [6, 6.07) is 11.9. The first-order valence-corrected chi connectivity index (χ1v) is 9.06. The Morgan fingerprint density at radius 2 is 1.92 bits per heavy atom. The maximum Gasteiger partial charge on any atom is 0.317 e. The van der Waals surface area contributed by atoms with Gasteiger partial charge < -0.3 is 19.9 Å². The number of aromatic nitrogens is 1. The predicted molar refractivity (Wildman–Crippen MR) is 102 cm³/mol. The van der Waals surface area contributed by atoms with Gasteiger partial charge in [0.05, 0.1) is 11.8 Å². The van der Waals surface area contributed by atoms with E-state index in [0.717, 1.165) is 30.1 Å². The molecule has 0 bridgehead atoms. The summed E-state index contributed by atoms with van der Waals surface area (Å²) in [5, 5.41) is 2.96. The maximum atomic E-state index is 12.4. The number of anilines is 1. The van der Waals surface area contributed by atoms with E-state index in [1.165, 1.54) is 0 Å². The number of hydrogen-bond acceptors (Lipinski definition) is 4. The number of para-hydroxylation sites is 2. The van der Waals surface area contributed by atoms with Crippen LogP contribution in [-0.2, 0) is 6.54 Å². The number of nitrogens with zero attached hydrogens (tertiary/aromatic N) is 3. The zero-order chi connectivity index (χ0) is 18.4. The third-order valence-electron chi connectivity index (χ3n) is 4.30. The van der Waals surface area contributed by atoms with Gasteiger partial charge in [0.15, 0.2) is 0 Å². The van der Waals surface area contributed by atoms with Crippen molar-refractivity contribution >= 4 is 11.7 Å². The number of urea groups is 1. The number of benzene rings is 1. The Labute approximate surface area is 154 Å². The van der Waals surface area contributed by atoms with E-state index in [1.807, 2.05) is 49.1 Å². The molecule has 0 aliphatic carbocycles. The molecule has 2 aromatic rings. The van der Waals surface area contributed by atoms with Crippen LogP contribution >= 0.6 is 0 Å². The van der Waals surface area contributed by atoms with Crippen LogP contribution in [0.15, 0.2) is 48.8 Å². The molecule has 0 radical (unpaired) electrons. The molecule has 0 saturated carbocycles. The zero-order valence-electron chi connectivity index (χ0n) is 15.4. The molecule has 1 saturated heterocycles. The van der Waals surface area contributed by atoms with E-state index in [4.69, 9.17) is 4.74 Å². The van der Waals surface area contributed by atoms with Gasteiger partial charge in [0.25, 0.3) is 0 Å². The van der Waals surface area contributed by atoms with E-state index in [0.29, 0.717) is 19.6 Å². The topological polar surface area (TPSA) is 57.7 Å². The normalized spacial score (nSPS) is 14.4. The lowest BCUT2D eigenvalue weighted by Crippen LogP contribution is -2.51. The summed E-state index contributed by atoms with van der Waals surface area (Å²) in [6.45, 7) is 7.52. The molecule has 6 nitrogen and oxygen atoms in total. The van der Waals surface area contributed by atoms with Crippen molar-refractivity contribution in [2.24, 2.45) is 0 Å². The Morgan fingerprint density at radius 1 is 1.15 bits per heavy atom. The first-order chi connectivity index (χ1) is 12.6. The molecule has 2 amide bonds. The SMILES string of the molecule is CC(C)Oc1ccccc1N1CCN(C(=O)NCc2cccnc2)CC1. The second-order valence-corrected chi connectivity index (χ2v) is 6.63. The minimum atomic E-state index is -0.0276. The fourth-order valence-electron chi connectivity index (χ4n) is 3.01. The van der Waals surface area contributed by atoms with Gasteiger partial charge >= 0.3 is 6.03 Å². The molecule has 26 heavy (non-hydrogen) atoms. The van der Waals surface area contributed by atoms with Crippen molar-refractivity contribution in [3.8, 4) is 5.75 Å². The van der Waals surface area contributed by atoms with Crippen molar-refractivity contribution in [1.29, 1.82) is 0 Å². The predicted octanol–water partition coefficient (Wildman–Crippen LogP) is 2.90. The molecular weight excluding hydrogens is 328 g/mol. The summed E-state index contributed by atoms with van der Waals surface area (Å²) < 4.78 is 5.92. The van der Waals surface area contributed by atoms with Crippen molar-refractivity contribution < 1.29 is 9.53 Å². The molecule has 6 heteroatoms.